The Balaban J connectivity index is 1.77. The first-order chi connectivity index (χ1) is 9.40. The second-order valence-corrected chi connectivity index (χ2v) is 4.83. The number of fused-ring (bicyclic) bond motifs is 3. The van der Waals surface area contributed by atoms with Crippen LogP contribution in [0.5, 0.6) is 0 Å². The van der Waals surface area contributed by atoms with Gasteiger partial charge in [0, 0.05) is 6.54 Å². The smallest absolute Gasteiger partial charge is 0.191 e. The summed E-state index contributed by atoms with van der Waals surface area (Å²) in [7, 11) is 0. The lowest BCUT2D eigenvalue weighted by Crippen LogP contribution is -1.98. The molecule has 3 aromatic heterocycles. The SMILES string of the molecule is CCCCCCCn1cnc2c1ncn1cnnc21. The summed E-state index contributed by atoms with van der Waals surface area (Å²) in [6.45, 7) is 3.20. The van der Waals surface area contributed by atoms with E-state index in [-0.39, 0.29) is 0 Å². The van der Waals surface area contributed by atoms with Crippen molar-refractivity contribution in [2.24, 2.45) is 0 Å². The van der Waals surface area contributed by atoms with Crippen LogP contribution in [0.1, 0.15) is 39.0 Å². The molecule has 0 atom stereocenters. The van der Waals surface area contributed by atoms with Crippen molar-refractivity contribution in [1.82, 2.24) is 29.1 Å². The van der Waals surface area contributed by atoms with Gasteiger partial charge in [0.2, 0.25) is 0 Å². The zero-order chi connectivity index (χ0) is 13.1. The van der Waals surface area contributed by atoms with Gasteiger partial charge in [-0.1, -0.05) is 32.6 Å². The zero-order valence-electron chi connectivity index (χ0n) is 11.2. The van der Waals surface area contributed by atoms with E-state index in [0.717, 1.165) is 23.4 Å². The average Bonchev–Trinajstić information content (AvgIpc) is 3.03. The van der Waals surface area contributed by atoms with Crippen molar-refractivity contribution in [2.45, 2.75) is 45.6 Å². The van der Waals surface area contributed by atoms with Gasteiger partial charge in [0.25, 0.3) is 0 Å². The Morgan fingerprint density at radius 2 is 1.84 bits per heavy atom. The number of hydrogen-bond acceptors (Lipinski definition) is 4. The van der Waals surface area contributed by atoms with Gasteiger partial charge in [-0.15, -0.1) is 10.2 Å². The molecule has 0 N–H and O–H groups in total. The highest BCUT2D eigenvalue weighted by Gasteiger charge is 2.09. The molecule has 0 fully saturated rings. The predicted octanol–water partition coefficient (Wildman–Crippen LogP) is 2.44. The Bertz CT molecular complexity index is 668. The molecule has 3 rings (SSSR count). The molecule has 0 aliphatic rings. The molecular weight excluding hydrogens is 240 g/mol. The molecule has 0 aliphatic heterocycles. The van der Waals surface area contributed by atoms with Gasteiger partial charge in [0.05, 0.1) is 6.33 Å². The summed E-state index contributed by atoms with van der Waals surface area (Å²) < 4.78 is 3.90. The first-order valence-electron chi connectivity index (χ1n) is 6.89. The molecule has 0 spiro atoms. The highest BCUT2D eigenvalue weighted by molar-refractivity contribution is 5.84. The van der Waals surface area contributed by atoms with Crippen LogP contribution >= 0.6 is 0 Å². The van der Waals surface area contributed by atoms with E-state index in [0.29, 0.717) is 0 Å². The highest BCUT2D eigenvalue weighted by atomic mass is 15.3. The number of imidazole rings is 1. The molecule has 0 bridgehead atoms. The highest BCUT2D eigenvalue weighted by Crippen LogP contribution is 2.15. The van der Waals surface area contributed by atoms with Gasteiger partial charge in [-0.05, 0) is 6.42 Å². The van der Waals surface area contributed by atoms with E-state index >= 15 is 0 Å². The van der Waals surface area contributed by atoms with E-state index in [1.165, 1.54) is 32.1 Å². The first-order valence-corrected chi connectivity index (χ1v) is 6.89. The van der Waals surface area contributed by atoms with Crippen molar-refractivity contribution in [3.63, 3.8) is 0 Å². The van der Waals surface area contributed by atoms with Gasteiger partial charge in [0.1, 0.15) is 12.7 Å². The molecule has 6 nitrogen and oxygen atoms in total. The van der Waals surface area contributed by atoms with Gasteiger partial charge < -0.3 is 4.57 Å². The van der Waals surface area contributed by atoms with E-state index in [1.54, 1.807) is 17.1 Å². The standard InChI is InChI=1S/C13H18N6/c1-2-3-4-5-6-7-18-8-14-11-12(18)15-9-19-10-16-17-13(11)19/h8-10H,2-7H2,1H3. The van der Waals surface area contributed by atoms with Gasteiger partial charge in [0.15, 0.2) is 16.8 Å². The average molecular weight is 258 g/mol. The Morgan fingerprint density at radius 3 is 2.74 bits per heavy atom. The van der Waals surface area contributed by atoms with Crippen LogP contribution in [0.15, 0.2) is 19.0 Å². The van der Waals surface area contributed by atoms with Crippen molar-refractivity contribution in [3.05, 3.63) is 19.0 Å². The zero-order valence-corrected chi connectivity index (χ0v) is 11.2. The summed E-state index contributed by atoms with van der Waals surface area (Å²) in [5, 5.41) is 7.96. The maximum atomic E-state index is 4.44. The molecule has 0 radical (unpaired) electrons. The second kappa shape index (κ2) is 5.34. The lowest BCUT2D eigenvalue weighted by atomic mass is 10.1. The van der Waals surface area contributed by atoms with Crippen molar-refractivity contribution in [2.75, 3.05) is 0 Å². The van der Waals surface area contributed by atoms with Gasteiger partial charge in [-0.2, -0.15) is 0 Å². The van der Waals surface area contributed by atoms with Crippen molar-refractivity contribution in [1.29, 1.82) is 0 Å². The van der Waals surface area contributed by atoms with Crippen molar-refractivity contribution < 1.29 is 0 Å². The lowest BCUT2D eigenvalue weighted by molar-refractivity contribution is 0.573. The molecular formula is C13H18N6. The maximum absolute atomic E-state index is 4.44. The molecule has 100 valence electrons. The normalized spacial score (nSPS) is 11.6. The molecule has 3 heterocycles. The van der Waals surface area contributed by atoms with E-state index in [9.17, 15) is 0 Å². The third-order valence-corrected chi connectivity index (χ3v) is 3.40. The Hall–Kier alpha value is -1.98. The molecule has 0 saturated heterocycles. The molecule has 19 heavy (non-hydrogen) atoms. The van der Waals surface area contributed by atoms with Crippen LogP contribution in [0.4, 0.5) is 0 Å². The number of aryl methyl sites for hydroxylation is 1. The molecule has 6 heteroatoms. The number of hydrogen-bond donors (Lipinski definition) is 0. The molecule has 0 unspecified atom stereocenters. The lowest BCUT2D eigenvalue weighted by Gasteiger charge is -2.03. The van der Waals surface area contributed by atoms with Crippen LogP contribution < -0.4 is 0 Å². The maximum Gasteiger partial charge on any atom is 0.191 e. The largest absolute Gasteiger partial charge is 0.315 e. The monoisotopic (exact) mass is 258 g/mol. The van der Waals surface area contributed by atoms with Crippen LogP contribution in [0, 0.1) is 0 Å². The third-order valence-electron chi connectivity index (χ3n) is 3.40. The minimum atomic E-state index is 0.773. The van der Waals surface area contributed by atoms with Crippen molar-refractivity contribution in [3.8, 4) is 0 Å². The topological polar surface area (TPSA) is 60.9 Å². The summed E-state index contributed by atoms with van der Waals surface area (Å²) in [5.74, 6) is 0. The summed E-state index contributed by atoms with van der Waals surface area (Å²) in [6.07, 6.45) is 11.6. The van der Waals surface area contributed by atoms with E-state index in [1.807, 2.05) is 6.33 Å². The number of aromatic nitrogens is 6. The summed E-state index contributed by atoms with van der Waals surface area (Å²) in [4.78, 5) is 8.85. The van der Waals surface area contributed by atoms with E-state index < -0.39 is 0 Å². The number of unbranched alkanes of at least 4 members (excludes halogenated alkanes) is 4. The van der Waals surface area contributed by atoms with E-state index in [4.69, 9.17) is 0 Å². The fourth-order valence-corrected chi connectivity index (χ4v) is 2.33. The fraction of sp³-hybridized carbons (Fsp3) is 0.538. The molecule has 0 aliphatic carbocycles. The van der Waals surface area contributed by atoms with Gasteiger partial charge >= 0.3 is 0 Å². The van der Waals surface area contributed by atoms with Crippen LogP contribution in [0.3, 0.4) is 0 Å². The quantitative estimate of drug-likeness (QED) is 0.637. The van der Waals surface area contributed by atoms with Gasteiger partial charge in [-0.25, -0.2) is 9.97 Å². The van der Waals surface area contributed by atoms with Crippen LogP contribution in [0.2, 0.25) is 0 Å². The Morgan fingerprint density at radius 1 is 0.947 bits per heavy atom. The minimum Gasteiger partial charge on any atom is -0.315 e. The number of nitrogens with zero attached hydrogens (tertiary/aromatic N) is 6. The summed E-state index contributed by atoms with van der Waals surface area (Å²) in [5.41, 5.74) is 2.50. The summed E-state index contributed by atoms with van der Waals surface area (Å²) in [6, 6.07) is 0. The first kappa shape index (κ1) is 12.1. The third kappa shape index (κ3) is 2.30. The molecule has 0 amide bonds. The molecule has 0 saturated carbocycles. The summed E-state index contributed by atoms with van der Waals surface area (Å²) >= 11 is 0. The van der Waals surface area contributed by atoms with E-state index in [2.05, 4.69) is 31.7 Å². The van der Waals surface area contributed by atoms with Crippen LogP contribution in [0.25, 0.3) is 16.8 Å². The Kier molecular flexibility index (Phi) is 3.39. The van der Waals surface area contributed by atoms with Crippen molar-refractivity contribution >= 4 is 16.8 Å². The number of rotatable bonds is 6. The van der Waals surface area contributed by atoms with Crippen LogP contribution in [-0.4, -0.2) is 29.1 Å². The second-order valence-electron chi connectivity index (χ2n) is 4.83. The minimum absolute atomic E-state index is 0.773. The van der Waals surface area contributed by atoms with Gasteiger partial charge in [-0.3, -0.25) is 4.40 Å². The Labute approximate surface area is 111 Å². The predicted molar refractivity (Wildman–Crippen MR) is 72.8 cm³/mol. The fourth-order valence-electron chi connectivity index (χ4n) is 2.33. The molecule has 0 aromatic carbocycles. The van der Waals surface area contributed by atoms with Crippen LogP contribution in [-0.2, 0) is 6.54 Å². The molecule has 3 aromatic rings.